The van der Waals surface area contributed by atoms with Crippen molar-refractivity contribution >= 4 is 17.2 Å². The number of piperidine rings is 1. The van der Waals surface area contributed by atoms with Crippen LogP contribution in [-0.2, 0) is 6.42 Å². The molecule has 0 aromatic carbocycles. The minimum Gasteiger partial charge on any atom is -0.387 e. The number of amidine groups is 1. The van der Waals surface area contributed by atoms with Gasteiger partial charge in [0.15, 0.2) is 0 Å². The molecule has 1 atom stereocenters. The molecule has 0 amide bonds. The molecule has 1 unspecified atom stereocenters. The molecule has 2 rings (SSSR count). The molecule has 1 aliphatic heterocycles. The van der Waals surface area contributed by atoms with Gasteiger partial charge in [0, 0.05) is 19.0 Å². The molecule has 0 aliphatic carbocycles. The lowest BCUT2D eigenvalue weighted by atomic mass is 9.97. The molecule has 2 heterocycles. The van der Waals surface area contributed by atoms with E-state index in [-0.39, 0.29) is 5.92 Å². The summed E-state index contributed by atoms with van der Waals surface area (Å²) < 4.78 is 0. The summed E-state index contributed by atoms with van der Waals surface area (Å²) in [5.74, 6) is 0.649. The zero-order chi connectivity index (χ0) is 11.4. The second-order valence-electron chi connectivity index (χ2n) is 4.48. The number of thiophene rings is 1. The van der Waals surface area contributed by atoms with E-state index in [4.69, 9.17) is 11.1 Å². The summed E-state index contributed by atoms with van der Waals surface area (Å²) in [6, 6.07) is 2.19. The first-order chi connectivity index (χ1) is 7.75. The van der Waals surface area contributed by atoms with Crippen LogP contribution in [0.15, 0.2) is 16.8 Å². The molecule has 88 valence electrons. The average Bonchev–Trinajstić information content (AvgIpc) is 2.79. The van der Waals surface area contributed by atoms with E-state index in [9.17, 15) is 0 Å². The van der Waals surface area contributed by atoms with Crippen LogP contribution in [0.4, 0.5) is 0 Å². The molecule has 1 aliphatic rings. The van der Waals surface area contributed by atoms with Crippen molar-refractivity contribution in [2.24, 2.45) is 11.7 Å². The Bertz CT molecular complexity index is 334. The smallest absolute Gasteiger partial charge is 0.0949 e. The topological polar surface area (TPSA) is 53.1 Å². The predicted octanol–water partition coefficient (Wildman–Crippen LogP) is 1.94. The SMILES string of the molecule is N=C(N)C1CCCN(CCc2ccsc2)C1. The first kappa shape index (κ1) is 11.6. The van der Waals surface area contributed by atoms with Crippen molar-refractivity contribution in [2.45, 2.75) is 19.3 Å². The molecule has 16 heavy (non-hydrogen) atoms. The molecule has 3 N–H and O–H groups in total. The minimum atomic E-state index is 0.288. The highest BCUT2D eigenvalue weighted by Gasteiger charge is 2.21. The Morgan fingerprint density at radius 3 is 3.19 bits per heavy atom. The van der Waals surface area contributed by atoms with Gasteiger partial charge in [-0.15, -0.1) is 0 Å². The van der Waals surface area contributed by atoms with Gasteiger partial charge in [0.25, 0.3) is 0 Å². The molecule has 1 fully saturated rings. The fourth-order valence-electron chi connectivity index (χ4n) is 2.23. The second kappa shape index (κ2) is 5.46. The summed E-state index contributed by atoms with van der Waals surface area (Å²) >= 11 is 1.76. The number of nitrogens with zero attached hydrogens (tertiary/aromatic N) is 1. The van der Waals surface area contributed by atoms with Crippen molar-refractivity contribution in [2.75, 3.05) is 19.6 Å². The van der Waals surface area contributed by atoms with E-state index in [1.54, 1.807) is 11.3 Å². The van der Waals surface area contributed by atoms with E-state index in [1.807, 2.05) is 0 Å². The van der Waals surface area contributed by atoms with Crippen LogP contribution in [0.25, 0.3) is 0 Å². The Labute approximate surface area is 101 Å². The maximum absolute atomic E-state index is 7.50. The molecule has 0 saturated carbocycles. The molecular weight excluding hydrogens is 218 g/mol. The number of nitrogens with two attached hydrogens (primary N) is 1. The molecule has 1 saturated heterocycles. The lowest BCUT2D eigenvalue weighted by molar-refractivity contribution is 0.206. The Hall–Kier alpha value is -0.870. The summed E-state index contributed by atoms with van der Waals surface area (Å²) in [4.78, 5) is 2.44. The van der Waals surface area contributed by atoms with Gasteiger partial charge in [-0.2, -0.15) is 11.3 Å². The quantitative estimate of drug-likeness (QED) is 0.621. The Kier molecular flexibility index (Phi) is 3.96. The highest BCUT2D eigenvalue weighted by atomic mass is 32.1. The maximum atomic E-state index is 7.50. The van der Waals surface area contributed by atoms with Crippen molar-refractivity contribution in [1.29, 1.82) is 5.41 Å². The molecule has 3 nitrogen and oxygen atoms in total. The zero-order valence-corrected chi connectivity index (χ0v) is 10.3. The van der Waals surface area contributed by atoms with Crippen LogP contribution in [0.3, 0.4) is 0 Å². The summed E-state index contributed by atoms with van der Waals surface area (Å²) in [5.41, 5.74) is 7.00. The van der Waals surface area contributed by atoms with E-state index in [0.29, 0.717) is 5.84 Å². The van der Waals surface area contributed by atoms with Crippen LogP contribution in [0, 0.1) is 11.3 Å². The van der Waals surface area contributed by atoms with E-state index in [0.717, 1.165) is 32.5 Å². The van der Waals surface area contributed by atoms with Gasteiger partial charge >= 0.3 is 0 Å². The van der Waals surface area contributed by atoms with Gasteiger partial charge in [-0.25, -0.2) is 0 Å². The van der Waals surface area contributed by atoms with Gasteiger partial charge in [0.1, 0.15) is 0 Å². The van der Waals surface area contributed by atoms with E-state index < -0.39 is 0 Å². The summed E-state index contributed by atoms with van der Waals surface area (Å²) in [6.07, 6.45) is 3.38. The maximum Gasteiger partial charge on any atom is 0.0949 e. The predicted molar refractivity (Wildman–Crippen MR) is 69.1 cm³/mol. The Morgan fingerprint density at radius 1 is 1.62 bits per heavy atom. The third-order valence-electron chi connectivity index (χ3n) is 3.24. The number of likely N-dealkylation sites (tertiary alicyclic amines) is 1. The Morgan fingerprint density at radius 2 is 2.50 bits per heavy atom. The molecule has 1 aromatic heterocycles. The van der Waals surface area contributed by atoms with Gasteiger partial charge in [-0.1, -0.05) is 0 Å². The van der Waals surface area contributed by atoms with Crippen molar-refractivity contribution in [3.63, 3.8) is 0 Å². The van der Waals surface area contributed by atoms with Gasteiger partial charge in [0.2, 0.25) is 0 Å². The monoisotopic (exact) mass is 237 g/mol. The highest BCUT2D eigenvalue weighted by Crippen LogP contribution is 2.17. The number of rotatable bonds is 4. The fourth-order valence-corrected chi connectivity index (χ4v) is 2.94. The van der Waals surface area contributed by atoms with E-state index in [2.05, 4.69) is 21.7 Å². The normalized spacial score (nSPS) is 22.1. The number of hydrogen-bond donors (Lipinski definition) is 2. The summed E-state index contributed by atoms with van der Waals surface area (Å²) in [7, 11) is 0. The fraction of sp³-hybridized carbons (Fsp3) is 0.583. The van der Waals surface area contributed by atoms with Gasteiger partial charge in [-0.3, -0.25) is 5.41 Å². The molecule has 0 bridgehead atoms. The lowest BCUT2D eigenvalue weighted by Crippen LogP contribution is -2.41. The molecule has 1 aromatic rings. The number of hydrogen-bond acceptors (Lipinski definition) is 3. The minimum absolute atomic E-state index is 0.288. The highest BCUT2D eigenvalue weighted by molar-refractivity contribution is 7.07. The van der Waals surface area contributed by atoms with Crippen molar-refractivity contribution in [3.8, 4) is 0 Å². The standard InChI is InChI=1S/C12H19N3S/c13-12(14)11-2-1-5-15(8-11)6-3-10-4-7-16-9-10/h4,7,9,11H,1-3,5-6,8H2,(H3,13,14). The second-order valence-corrected chi connectivity index (χ2v) is 5.26. The average molecular weight is 237 g/mol. The first-order valence-corrected chi connectivity index (χ1v) is 6.77. The van der Waals surface area contributed by atoms with Crippen LogP contribution in [0.2, 0.25) is 0 Å². The van der Waals surface area contributed by atoms with E-state index >= 15 is 0 Å². The van der Waals surface area contributed by atoms with Gasteiger partial charge < -0.3 is 10.6 Å². The van der Waals surface area contributed by atoms with Crippen LogP contribution in [-0.4, -0.2) is 30.4 Å². The van der Waals surface area contributed by atoms with Gasteiger partial charge in [-0.05, 0) is 48.2 Å². The first-order valence-electron chi connectivity index (χ1n) is 5.83. The summed E-state index contributed by atoms with van der Waals surface area (Å²) in [5, 5.41) is 11.8. The van der Waals surface area contributed by atoms with Crippen LogP contribution in [0.1, 0.15) is 18.4 Å². The third kappa shape index (κ3) is 3.06. The lowest BCUT2D eigenvalue weighted by Gasteiger charge is -2.31. The molecule has 0 radical (unpaired) electrons. The van der Waals surface area contributed by atoms with Crippen LogP contribution >= 0.6 is 11.3 Å². The molecular formula is C12H19N3S. The largest absolute Gasteiger partial charge is 0.387 e. The zero-order valence-electron chi connectivity index (χ0n) is 9.48. The van der Waals surface area contributed by atoms with Crippen molar-refractivity contribution in [1.82, 2.24) is 4.90 Å². The van der Waals surface area contributed by atoms with Crippen LogP contribution < -0.4 is 5.73 Å². The van der Waals surface area contributed by atoms with E-state index in [1.165, 1.54) is 12.0 Å². The van der Waals surface area contributed by atoms with Crippen molar-refractivity contribution < 1.29 is 0 Å². The van der Waals surface area contributed by atoms with Gasteiger partial charge in [0.05, 0.1) is 5.84 Å². The summed E-state index contributed by atoms with van der Waals surface area (Å²) in [6.45, 7) is 3.23. The van der Waals surface area contributed by atoms with Crippen LogP contribution in [0.5, 0.6) is 0 Å². The Balaban J connectivity index is 1.79. The molecule has 4 heteroatoms. The van der Waals surface area contributed by atoms with Crippen molar-refractivity contribution in [3.05, 3.63) is 22.4 Å². The number of nitrogens with one attached hydrogen (secondary N) is 1. The molecule has 0 spiro atoms. The third-order valence-corrected chi connectivity index (χ3v) is 3.97.